The fourth-order valence-corrected chi connectivity index (χ4v) is 3.55. The predicted octanol–water partition coefficient (Wildman–Crippen LogP) is 2.28. The van der Waals surface area contributed by atoms with Gasteiger partial charge in [0.2, 0.25) is 0 Å². The third kappa shape index (κ3) is 3.06. The third-order valence-electron chi connectivity index (χ3n) is 3.64. The van der Waals surface area contributed by atoms with Crippen molar-refractivity contribution in [2.24, 2.45) is 0 Å². The van der Waals surface area contributed by atoms with Gasteiger partial charge in [0, 0.05) is 30.3 Å². The standard InChI is InChI=1S/C13H23N3S/c1-4-10(7-14-2)12-9-17-13(15-12)11-5-6-16(3)8-11/h9-11,14H,4-8H2,1-3H3. The van der Waals surface area contributed by atoms with E-state index in [2.05, 4.69) is 29.6 Å². The number of thiazole rings is 1. The van der Waals surface area contributed by atoms with Crippen molar-refractivity contribution in [3.05, 3.63) is 16.1 Å². The van der Waals surface area contributed by atoms with E-state index in [1.165, 1.54) is 30.2 Å². The van der Waals surface area contributed by atoms with E-state index >= 15 is 0 Å². The van der Waals surface area contributed by atoms with Crippen LogP contribution in [0.3, 0.4) is 0 Å². The van der Waals surface area contributed by atoms with Gasteiger partial charge in [-0.1, -0.05) is 6.92 Å². The van der Waals surface area contributed by atoms with Crippen LogP contribution in [0, 0.1) is 0 Å². The molecule has 0 spiro atoms. The van der Waals surface area contributed by atoms with Crippen LogP contribution >= 0.6 is 11.3 Å². The summed E-state index contributed by atoms with van der Waals surface area (Å²) in [5, 5.41) is 6.87. The van der Waals surface area contributed by atoms with E-state index in [-0.39, 0.29) is 0 Å². The molecule has 2 heterocycles. The minimum absolute atomic E-state index is 0.573. The molecule has 1 aromatic rings. The maximum atomic E-state index is 4.87. The summed E-state index contributed by atoms with van der Waals surface area (Å²) >= 11 is 1.85. The highest BCUT2D eigenvalue weighted by Gasteiger charge is 2.24. The van der Waals surface area contributed by atoms with Gasteiger partial charge in [0.1, 0.15) is 0 Å². The highest BCUT2D eigenvalue weighted by molar-refractivity contribution is 7.09. The molecule has 4 heteroatoms. The summed E-state index contributed by atoms with van der Waals surface area (Å²) in [4.78, 5) is 7.27. The molecule has 1 fully saturated rings. The lowest BCUT2D eigenvalue weighted by Crippen LogP contribution is -2.17. The Bertz CT molecular complexity index is 332. The molecule has 2 rings (SSSR count). The maximum Gasteiger partial charge on any atom is 0.0972 e. The number of hydrogen-bond donors (Lipinski definition) is 1. The van der Waals surface area contributed by atoms with Gasteiger partial charge in [0.05, 0.1) is 10.7 Å². The van der Waals surface area contributed by atoms with Crippen LogP contribution < -0.4 is 5.32 Å². The van der Waals surface area contributed by atoms with E-state index in [0.717, 1.165) is 13.0 Å². The Labute approximate surface area is 108 Å². The van der Waals surface area contributed by atoms with E-state index < -0.39 is 0 Å². The number of likely N-dealkylation sites (N-methyl/N-ethyl adjacent to an activating group) is 2. The molecule has 2 unspecified atom stereocenters. The van der Waals surface area contributed by atoms with Crippen LogP contribution in [-0.2, 0) is 0 Å². The number of nitrogens with one attached hydrogen (secondary N) is 1. The Morgan fingerprint density at radius 2 is 2.47 bits per heavy atom. The van der Waals surface area contributed by atoms with Gasteiger partial charge in [-0.15, -0.1) is 11.3 Å². The van der Waals surface area contributed by atoms with Crippen LogP contribution in [0.4, 0.5) is 0 Å². The minimum Gasteiger partial charge on any atom is -0.319 e. The fraction of sp³-hybridized carbons (Fsp3) is 0.769. The summed E-state index contributed by atoms with van der Waals surface area (Å²) < 4.78 is 0. The molecule has 0 aromatic carbocycles. The first-order valence-electron chi connectivity index (χ1n) is 6.53. The Balaban J connectivity index is 2.04. The van der Waals surface area contributed by atoms with E-state index in [4.69, 9.17) is 4.98 Å². The predicted molar refractivity (Wildman–Crippen MR) is 73.9 cm³/mol. The molecule has 0 radical (unpaired) electrons. The van der Waals surface area contributed by atoms with Gasteiger partial charge in [-0.2, -0.15) is 0 Å². The molecule has 17 heavy (non-hydrogen) atoms. The first-order valence-corrected chi connectivity index (χ1v) is 7.41. The van der Waals surface area contributed by atoms with E-state index in [1.54, 1.807) is 0 Å². The molecular weight excluding hydrogens is 230 g/mol. The first-order chi connectivity index (χ1) is 8.24. The van der Waals surface area contributed by atoms with Crippen molar-refractivity contribution in [3.8, 4) is 0 Å². The molecule has 3 nitrogen and oxygen atoms in total. The summed E-state index contributed by atoms with van der Waals surface area (Å²) in [6.45, 7) is 5.66. The second kappa shape index (κ2) is 5.94. The molecule has 1 saturated heterocycles. The van der Waals surface area contributed by atoms with Gasteiger partial charge >= 0.3 is 0 Å². The van der Waals surface area contributed by atoms with Crippen molar-refractivity contribution >= 4 is 11.3 Å². The largest absolute Gasteiger partial charge is 0.319 e. The Morgan fingerprint density at radius 3 is 3.06 bits per heavy atom. The molecule has 0 aliphatic carbocycles. The number of hydrogen-bond acceptors (Lipinski definition) is 4. The van der Waals surface area contributed by atoms with Gasteiger partial charge in [-0.3, -0.25) is 0 Å². The van der Waals surface area contributed by atoms with Crippen LogP contribution in [0.5, 0.6) is 0 Å². The molecule has 1 aliphatic heterocycles. The monoisotopic (exact) mass is 253 g/mol. The number of rotatable bonds is 5. The Morgan fingerprint density at radius 1 is 1.65 bits per heavy atom. The summed E-state index contributed by atoms with van der Waals surface area (Å²) in [6.07, 6.45) is 2.43. The average Bonchev–Trinajstić information content (AvgIpc) is 2.94. The van der Waals surface area contributed by atoms with Gasteiger partial charge in [-0.25, -0.2) is 4.98 Å². The zero-order chi connectivity index (χ0) is 12.3. The van der Waals surface area contributed by atoms with Crippen LogP contribution in [0.15, 0.2) is 5.38 Å². The second-order valence-corrected chi connectivity index (χ2v) is 5.91. The van der Waals surface area contributed by atoms with Crippen LogP contribution in [0.25, 0.3) is 0 Å². The van der Waals surface area contributed by atoms with Gasteiger partial charge < -0.3 is 10.2 Å². The summed E-state index contributed by atoms with van der Waals surface area (Å²) in [6, 6.07) is 0. The van der Waals surface area contributed by atoms with Gasteiger partial charge in [-0.05, 0) is 33.5 Å². The zero-order valence-electron chi connectivity index (χ0n) is 11.1. The van der Waals surface area contributed by atoms with Crippen molar-refractivity contribution < 1.29 is 0 Å². The molecule has 0 saturated carbocycles. The van der Waals surface area contributed by atoms with Crippen molar-refractivity contribution in [1.82, 2.24) is 15.2 Å². The van der Waals surface area contributed by atoms with Crippen LogP contribution in [0.2, 0.25) is 0 Å². The van der Waals surface area contributed by atoms with Gasteiger partial charge in [0.15, 0.2) is 0 Å². The lowest BCUT2D eigenvalue weighted by atomic mass is 10.0. The van der Waals surface area contributed by atoms with Crippen molar-refractivity contribution in [3.63, 3.8) is 0 Å². The molecule has 2 atom stereocenters. The maximum absolute atomic E-state index is 4.87. The highest BCUT2D eigenvalue weighted by Crippen LogP contribution is 2.31. The molecular formula is C13H23N3S. The van der Waals surface area contributed by atoms with Gasteiger partial charge in [0.25, 0.3) is 0 Å². The van der Waals surface area contributed by atoms with Crippen LogP contribution in [0.1, 0.15) is 42.3 Å². The highest BCUT2D eigenvalue weighted by atomic mass is 32.1. The average molecular weight is 253 g/mol. The summed E-state index contributed by atoms with van der Waals surface area (Å²) in [5.41, 5.74) is 1.29. The normalized spacial score (nSPS) is 23.1. The molecule has 1 N–H and O–H groups in total. The Hall–Kier alpha value is -0.450. The molecule has 0 bridgehead atoms. The number of likely N-dealkylation sites (tertiary alicyclic amines) is 1. The lowest BCUT2D eigenvalue weighted by molar-refractivity contribution is 0.411. The van der Waals surface area contributed by atoms with Crippen molar-refractivity contribution in [2.75, 3.05) is 33.7 Å². The fourth-order valence-electron chi connectivity index (χ4n) is 2.52. The topological polar surface area (TPSA) is 28.2 Å². The van der Waals surface area contributed by atoms with Crippen LogP contribution in [-0.4, -0.2) is 43.6 Å². The van der Waals surface area contributed by atoms with E-state index in [0.29, 0.717) is 11.8 Å². The van der Waals surface area contributed by atoms with E-state index in [1.807, 2.05) is 18.4 Å². The smallest absolute Gasteiger partial charge is 0.0972 e. The van der Waals surface area contributed by atoms with E-state index in [9.17, 15) is 0 Å². The quantitative estimate of drug-likeness (QED) is 0.872. The van der Waals surface area contributed by atoms with Crippen molar-refractivity contribution in [2.45, 2.75) is 31.6 Å². The number of aromatic nitrogens is 1. The molecule has 1 aromatic heterocycles. The molecule has 0 amide bonds. The molecule has 96 valence electrons. The summed E-state index contributed by atoms with van der Waals surface area (Å²) in [5.74, 6) is 1.25. The minimum atomic E-state index is 0.573. The lowest BCUT2D eigenvalue weighted by Gasteiger charge is -2.11. The third-order valence-corrected chi connectivity index (χ3v) is 4.67. The Kier molecular flexibility index (Phi) is 4.54. The zero-order valence-corrected chi connectivity index (χ0v) is 11.9. The second-order valence-electron chi connectivity index (χ2n) is 5.02. The first kappa shape index (κ1) is 13.0. The molecule has 1 aliphatic rings. The summed E-state index contributed by atoms with van der Waals surface area (Å²) in [7, 11) is 4.21. The van der Waals surface area contributed by atoms with Crippen molar-refractivity contribution in [1.29, 1.82) is 0 Å². The number of nitrogens with zero attached hydrogens (tertiary/aromatic N) is 2. The SMILES string of the molecule is CCC(CNC)c1csc(C2CCN(C)C2)n1.